The Balaban J connectivity index is 1.39. The lowest BCUT2D eigenvalue weighted by Gasteiger charge is -2.35. The van der Waals surface area contributed by atoms with Gasteiger partial charge in [0, 0.05) is 43.3 Å². The second kappa shape index (κ2) is 8.93. The highest BCUT2D eigenvalue weighted by atomic mass is 32.1. The molecule has 0 atom stereocenters. The van der Waals surface area contributed by atoms with E-state index < -0.39 is 0 Å². The van der Waals surface area contributed by atoms with Crippen molar-refractivity contribution in [1.29, 1.82) is 0 Å². The van der Waals surface area contributed by atoms with Crippen LogP contribution in [0.3, 0.4) is 0 Å². The van der Waals surface area contributed by atoms with Crippen LogP contribution in [0.5, 0.6) is 0 Å². The predicted molar refractivity (Wildman–Crippen MR) is 120 cm³/mol. The Morgan fingerprint density at radius 2 is 1.80 bits per heavy atom. The van der Waals surface area contributed by atoms with Crippen molar-refractivity contribution in [1.82, 2.24) is 19.4 Å². The molecule has 0 spiro atoms. The van der Waals surface area contributed by atoms with Crippen LogP contribution in [-0.4, -0.2) is 51.4 Å². The molecule has 7 heteroatoms. The van der Waals surface area contributed by atoms with E-state index in [1.807, 2.05) is 52.7 Å². The van der Waals surface area contributed by atoms with Crippen LogP contribution >= 0.6 is 11.3 Å². The fraction of sp³-hybridized carbons (Fsp3) is 0.348. The molecule has 2 aromatic heterocycles. The van der Waals surface area contributed by atoms with Crippen molar-refractivity contribution in [2.45, 2.75) is 26.4 Å². The van der Waals surface area contributed by atoms with Crippen molar-refractivity contribution in [2.75, 3.05) is 26.2 Å². The molecule has 30 heavy (non-hydrogen) atoms. The summed E-state index contributed by atoms with van der Waals surface area (Å²) in [5.41, 5.74) is 3.62. The molecule has 3 aromatic rings. The maximum atomic E-state index is 12.8. The van der Waals surface area contributed by atoms with Gasteiger partial charge < -0.3 is 4.90 Å². The molecule has 1 aromatic carbocycles. The molecule has 3 heterocycles. The Morgan fingerprint density at radius 1 is 1.07 bits per heavy atom. The van der Waals surface area contributed by atoms with Crippen molar-refractivity contribution in [2.24, 2.45) is 0 Å². The first-order valence-electron chi connectivity index (χ1n) is 10.2. The Kier molecular flexibility index (Phi) is 6.11. The second-order valence-electron chi connectivity index (χ2n) is 7.86. The molecule has 0 bridgehead atoms. The van der Waals surface area contributed by atoms with Crippen molar-refractivity contribution in [3.05, 3.63) is 74.8 Å². The number of hydrogen-bond acceptors (Lipinski definition) is 5. The van der Waals surface area contributed by atoms with Crippen molar-refractivity contribution >= 4 is 17.2 Å². The van der Waals surface area contributed by atoms with Gasteiger partial charge in [-0.25, -0.2) is 0 Å². The number of aromatic nitrogens is 2. The summed E-state index contributed by atoms with van der Waals surface area (Å²) in [6, 6.07) is 13.6. The molecule has 1 aliphatic heterocycles. The summed E-state index contributed by atoms with van der Waals surface area (Å²) in [6.07, 6.45) is 1.74. The van der Waals surface area contributed by atoms with Crippen LogP contribution in [0.4, 0.5) is 0 Å². The van der Waals surface area contributed by atoms with Gasteiger partial charge in [0.1, 0.15) is 0 Å². The third-order valence-corrected chi connectivity index (χ3v) is 6.30. The predicted octanol–water partition coefficient (Wildman–Crippen LogP) is 3.51. The lowest BCUT2D eigenvalue weighted by Crippen LogP contribution is -2.49. The van der Waals surface area contributed by atoms with E-state index in [9.17, 15) is 9.59 Å². The van der Waals surface area contributed by atoms with E-state index in [0.29, 0.717) is 25.7 Å². The third kappa shape index (κ3) is 4.37. The highest BCUT2D eigenvalue weighted by molar-refractivity contribution is 7.07. The number of hydrogen-bond donors (Lipinski definition) is 0. The average Bonchev–Trinajstić information content (AvgIpc) is 3.14. The molecular formula is C23H26N4O2S. The van der Waals surface area contributed by atoms with Crippen LogP contribution < -0.4 is 4.87 Å². The minimum atomic E-state index is 0.0133. The zero-order chi connectivity index (χ0) is 21.1. The maximum Gasteiger partial charge on any atom is 0.308 e. The summed E-state index contributed by atoms with van der Waals surface area (Å²) in [5.74, 6) is 0.529. The van der Waals surface area contributed by atoms with Gasteiger partial charge in [-0.05, 0) is 35.7 Å². The van der Waals surface area contributed by atoms with Crippen LogP contribution in [0.25, 0.3) is 11.4 Å². The molecule has 0 N–H and O–H groups in total. The smallest absolute Gasteiger partial charge is 0.308 e. The Labute approximate surface area is 180 Å². The molecule has 1 fully saturated rings. The monoisotopic (exact) mass is 422 g/mol. The number of piperazine rings is 1. The molecule has 6 nitrogen and oxygen atoms in total. The minimum absolute atomic E-state index is 0.0133. The lowest BCUT2D eigenvalue weighted by molar-refractivity contribution is 0.0594. The molecule has 1 saturated heterocycles. The highest BCUT2D eigenvalue weighted by Gasteiger charge is 2.23. The molecule has 4 rings (SSSR count). The Bertz CT molecular complexity index is 1050. The van der Waals surface area contributed by atoms with E-state index >= 15 is 0 Å². The Morgan fingerprint density at radius 3 is 2.43 bits per heavy atom. The first kappa shape index (κ1) is 20.5. The van der Waals surface area contributed by atoms with Gasteiger partial charge in [-0.15, -0.1) is 0 Å². The maximum absolute atomic E-state index is 12.8. The molecule has 1 amide bonds. The minimum Gasteiger partial charge on any atom is -0.336 e. The number of nitrogens with zero attached hydrogens (tertiary/aromatic N) is 4. The van der Waals surface area contributed by atoms with Gasteiger partial charge >= 0.3 is 4.87 Å². The fourth-order valence-corrected chi connectivity index (χ4v) is 4.41. The van der Waals surface area contributed by atoms with E-state index in [1.165, 1.54) is 16.9 Å². The van der Waals surface area contributed by atoms with Crippen molar-refractivity contribution < 1.29 is 4.79 Å². The van der Waals surface area contributed by atoms with Crippen molar-refractivity contribution in [3.8, 4) is 11.4 Å². The third-order valence-electron chi connectivity index (χ3n) is 5.54. The molecule has 156 valence electrons. The number of carbonyl (C=O) groups excluding carboxylic acids is 1. The van der Waals surface area contributed by atoms with Crippen LogP contribution in [-0.2, 0) is 6.67 Å². The topological polar surface area (TPSA) is 58.4 Å². The van der Waals surface area contributed by atoms with Crippen molar-refractivity contribution in [3.63, 3.8) is 0 Å². The van der Waals surface area contributed by atoms with E-state index in [1.54, 1.807) is 10.8 Å². The lowest BCUT2D eigenvalue weighted by atomic mass is 10.0. The van der Waals surface area contributed by atoms with E-state index in [-0.39, 0.29) is 10.8 Å². The van der Waals surface area contributed by atoms with Gasteiger partial charge in [-0.3, -0.25) is 24.0 Å². The van der Waals surface area contributed by atoms with E-state index in [2.05, 4.69) is 23.7 Å². The zero-order valence-electron chi connectivity index (χ0n) is 17.3. The summed E-state index contributed by atoms with van der Waals surface area (Å²) in [7, 11) is 0. The summed E-state index contributed by atoms with van der Waals surface area (Å²) in [5, 5.41) is 1.87. The summed E-state index contributed by atoms with van der Waals surface area (Å²) < 4.78 is 1.77. The van der Waals surface area contributed by atoms with Crippen LogP contribution in [0, 0.1) is 0 Å². The summed E-state index contributed by atoms with van der Waals surface area (Å²) >= 11 is 1.20. The van der Waals surface area contributed by atoms with E-state index in [0.717, 1.165) is 30.0 Å². The normalized spacial score (nSPS) is 15.0. The van der Waals surface area contributed by atoms with Gasteiger partial charge in [0.2, 0.25) is 0 Å². The molecule has 0 unspecified atom stereocenters. The molecule has 0 radical (unpaired) electrons. The van der Waals surface area contributed by atoms with E-state index in [4.69, 9.17) is 0 Å². The number of amides is 1. The number of carbonyl (C=O) groups is 1. The number of rotatable bonds is 5. The quantitative estimate of drug-likeness (QED) is 0.631. The molecule has 0 saturated carbocycles. The summed E-state index contributed by atoms with van der Waals surface area (Å²) in [6.45, 7) is 7.59. The van der Waals surface area contributed by atoms with Gasteiger partial charge in [0.05, 0.1) is 18.1 Å². The van der Waals surface area contributed by atoms with Crippen LogP contribution in [0.2, 0.25) is 0 Å². The first-order valence-corrected chi connectivity index (χ1v) is 11.1. The highest BCUT2D eigenvalue weighted by Crippen LogP contribution is 2.19. The van der Waals surface area contributed by atoms with Crippen LogP contribution in [0.15, 0.2) is 58.8 Å². The Hall–Kier alpha value is -2.77. The average molecular weight is 423 g/mol. The van der Waals surface area contributed by atoms with Crippen LogP contribution in [0.1, 0.15) is 35.7 Å². The number of thiazole rings is 1. The SMILES string of the molecule is CC(C)c1ccc(C(=O)N2CCN(Cn3c(-c4ccccn4)csc3=O)CC2)cc1. The zero-order valence-corrected chi connectivity index (χ0v) is 18.1. The van der Waals surface area contributed by atoms with Gasteiger partial charge in [-0.2, -0.15) is 0 Å². The molecular weight excluding hydrogens is 396 g/mol. The second-order valence-corrected chi connectivity index (χ2v) is 8.68. The van der Waals surface area contributed by atoms with Gasteiger partial charge in [0.15, 0.2) is 0 Å². The standard InChI is InChI=1S/C23H26N4O2S/c1-17(2)18-6-8-19(9-7-18)22(28)26-13-11-25(12-14-26)16-27-21(15-30-23(27)29)20-5-3-4-10-24-20/h3-10,15,17H,11-14,16H2,1-2H3. The van der Waals surface area contributed by atoms with Gasteiger partial charge in [-0.1, -0.05) is 43.4 Å². The number of pyridine rings is 1. The first-order chi connectivity index (χ1) is 14.5. The molecule has 1 aliphatic rings. The number of benzene rings is 1. The molecule has 0 aliphatic carbocycles. The summed E-state index contributed by atoms with van der Waals surface area (Å²) in [4.78, 5) is 33.7. The fourth-order valence-electron chi connectivity index (χ4n) is 3.66. The largest absolute Gasteiger partial charge is 0.336 e. The van der Waals surface area contributed by atoms with Gasteiger partial charge in [0.25, 0.3) is 5.91 Å².